The summed E-state index contributed by atoms with van der Waals surface area (Å²) in [5.41, 5.74) is 2.95. The normalized spacial score (nSPS) is 17.6. The summed E-state index contributed by atoms with van der Waals surface area (Å²) in [7, 11) is 0. The van der Waals surface area contributed by atoms with Gasteiger partial charge in [-0.05, 0) is 25.3 Å². The van der Waals surface area contributed by atoms with Gasteiger partial charge in [0.2, 0.25) is 5.91 Å². The number of benzene rings is 1. The highest BCUT2D eigenvalue weighted by Gasteiger charge is 2.52. The van der Waals surface area contributed by atoms with E-state index in [0.717, 1.165) is 29.9 Å². The molecule has 2 aliphatic rings. The molecule has 0 bridgehead atoms. The molecule has 1 amide bonds. The number of hydrogen-bond donors (Lipinski definition) is 0. The minimum atomic E-state index is -0.363. The molecule has 0 N–H and O–H groups in total. The zero-order valence-corrected chi connectivity index (χ0v) is 13.9. The molecule has 24 heavy (non-hydrogen) atoms. The summed E-state index contributed by atoms with van der Waals surface area (Å²) in [5, 5.41) is 0. The van der Waals surface area contributed by atoms with Crippen LogP contribution in [0, 0.1) is 6.92 Å². The largest absolute Gasteiger partial charge is 0.360 e. The van der Waals surface area contributed by atoms with Crippen LogP contribution in [0.3, 0.4) is 0 Å². The van der Waals surface area contributed by atoms with Crippen LogP contribution >= 0.6 is 0 Å². The second kappa shape index (κ2) is 5.98. The van der Waals surface area contributed by atoms with E-state index in [4.69, 9.17) is 4.74 Å². The topological polar surface area (TPSA) is 55.3 Å². The van der Waals surface area contributed by atoms with Gasteiger partial charge in [0, 0.05) is 18.2 Å². The standard InChI is InChI=1S/C19H21N3O2/c1-14-20-10-16-17(21-14)11-24-19(16)12-22(13-19)18(23)9-5-8-15-6-3-2-4-7-15/h2-4,6-7,10H,5,8-9,11-13H2,1H3. The number of carbonyl (C=O) groups is 1. The van der Waals surface area contributed by atoms with Gasteiger partial charge in [0.1, 0.15) is 11.4 Å². The Morgan fingerprint density at radius 2 is 2.08 bits per heavy atom. The molecule has 1 aromatic heterocycles. The fourth-order valence-electron chi connectivity index (χ4n) is 3.55. The van der Waals surface area contributed by atoms with E-state index >= 15 is 0 Å². The molecule has 1 spiro atoms. The highest BCUT2D eigenvalue weighted by atomic mass is 16.5. The first kappa shape index (κ1) is 15.3. The lowest BCUT2D eigenvalue weighted by atomic mass is 9.87. The van der Waals surface area contributed by atoms with Crippen LogP contribution in [-0.4, -0.2) is 33.9 Å². The molecule has 124 valence electrons. The molecule has 5 nitrogen and oxygen atoms in total. The van der Waals surface area contributed by atoms with Crippen molar-refractivity contribution in [3.8, 4) is 0 Å². The van der Waals surface area contributed by atoms with Crippen LogP contribution in [0.4, 0.5) is 0 Å². The molecule has 2 aromatic rings. The summed E-state index contributed by atoms with van der Waals surface area (Å²) in [6, 6.07) is 10.3. The average molecular weight is 323 g/mol. The van der Waals surface area contributed by atoms with E-state index in [0.29, 0.717) is 26.1 Å². The van der Waals surface area contributed by atoms with E-state index in [1.165, 1.54) is 5.56 Å². The Balaban J connectivity index is 1.31. The van der Waals surface area contributed by atoms with Gasteiger partial charge in [0.05, 0.1) is 25.4 Å². The van der Waals surface area contributed by atoms with Crippen LogP contribution < -0.4 is 0 Å². The molecule has 0 unspecified atom stereocenters. The van der Waals surface area contributed by atoms with Crippen molar-refractivity contribution >= 4 is 5.91 Å². The molecule has 1 saturated heterocycles. The van der Waals surface area contributed by atoms with Gasteiger partial charge in [-0.3, -0.25) is 4.79 Å². The molecule has 1 aromatic carbocycles. The molecular formula is C19H21N3O2. The quantitative estimate of drug-likeness (QED) is 0.867. The maximum atomic E-state index is 12.4. The Morgan fingerprint density at radius 3 is 2.88 bits per heavy atom. The average Bonchev–Trinajstić information content (AvgIpc) is 2.93. The van der Waals surface area contributed by atoms with Crippen molar-refractivity contribution in [2.45, 2.75) is 38.4 Å². The summed E-state index contributed by atoms with van der Waals surface area (Å²) >= 11 is 0. The molecule has 1 fully saturated rings. The Kier molecular flexibility index (Phi) is 3.81. The van der Waals surface area contributed by atoms with Gasteiger partial charge < -0.3 is 9.64 Å². The van der Waals surface area contributed by atoms with E-state index in [1.807, 2.05) is 36.2 Å². The highest BCUT2D eigenvalue weighted by molar-refractivity contribution is 5.77. The van der Waals surface area contributed by atoms with Crippen LogP contribution in [0.15, 0.2) is 36.5 Å². The predicted molar refractivity (Wildman–Crippen MR) is 89.2 cm³/mol. The van der Waals surface area contributed by atoms with E-state index < -0.39 is 0 Å². The zero-order chi connectivity index (χ0) is 16.6. The maximum absolute atomic E-state index is 12.4. The van der Waals surface area contributed by atoms with Crippen LogP contribution in [-0.2, 0) is 28.2 Å². The van der Waals surface area contributed by atoms with Gasteiger partial charge in [-0.1, -0.05) is 30.3 Å². The Bertz CT molecular complexity index is 754. The number of amides is 1. The SMILES string of the molecule is Cc1ncc2c(n1)COC21CN(C(=O)CCCc2ccccc2)C1. The smallest absolute Gasteiger partial charge is 0.222 e. The minimum absolute atomic E-state index is 0.210. The van der Waals surface area contributed by atoms with Crippen LogP contribution in [0.25, 0.3) is 0 Å². The summed E-state index contributed by atoms with van der Waals surface area (Å²) in [6.45, 7) is 3.65. The Morgan fingerprint density at radius 1 is 1.29 bits per heavy atom. The third-order valence-electron chi connectivity index (χ3n) is 4.91. The van der Waals surface area contributed by atoms with Crippen LogP contribution in [0.5, 0.6) is 0 Å². The second-order valence-corrected chi connectivity index (χ2v) is 6.65. The molecule has 0 atom stereocenters. The second-order valence-electron chi connectivity index (χ2n) is 6.65. The zero-order valence-electron chi connectivity index (χ0n) is 13.9. The molecule has 4 rings (SSSR count). The molecular weight excluding hydrogens is 302 g/mol. The molecule has 5 heteroatoms. The van der Waals surface area contributed by atoms with Crippen LogP contribution in [0.1, 0.15) is 35.5 Å². The van der Waals surface area contributed by atoms with Crippen molar-refractivity contribution < 1.29 is 9.53 Å². The van der Waals surface area contributed by atoms with Gasteiger partial charge in [0.15, 0.2) is 0 Å². The van der Waals surface area contributed by atoms with Crippen molar-refractivity contribution in [2.75, 3.05) is 13.1 Å². The van der Waals surface area contributed by atoms with E-state index in [1.54, 1.807) is 0 Å². The number of hydrogen-bond acceptors (Lipinski definition) is 4. The summed E-state index contributed by atoms with van der Waals surface area (Å²) < 4.78 is 5.96. The van der Waals surface area contributed by atoms with E-state index in [9.17, 15) is 4.79 Å². The van der Waals surface area contributed by atoms with Crippen molar-refractivity contribution in [3.05, 3.63) is 59.2 Å². The van der Waals surface area contributed by atoms with Crippen molar-refractivity contribution in [1.82, 2.24) is 14.9 Å². The third kappa shape index (κ3) is 2.69. The molecule has 2 aliphatic heterocycles. The predicted octanol–water partition coefficient (Wildman–Crippen LogP) is 2.38. The number of nitrogens with zero attached hydrogens (tertiary/aromatic N) is 3. The number of carbonyl (C=O) groups excluding carboxylic acids is 1. The number of aromatic nitrogens is 2. The molecule has 0 radical (unpaired) electrons. The first-order chi connectivity index (χ1) is 11.7. The first-order valence-electron chi connectivity index (χ1n) is 8.45. The minimum Gasteiger partial charge on any atom is -0.360 e. The summed E-state index contributed by atoms with van der Waals surface area (Å²) in [5.74, 6) is 0.976. The van der Waals surface area contributed by atoms with Crippen molar-refractivity contribution in [3.63, 3.8) is 0 Å². The number of fused-ring (bicyclic) bond motifs is 2. The first-order valence-corrected chi connectivity index (χ1v) is 8.45. The van der Waals surface area contributed by atoms with Crippen molar-refractivity contribution in [2.24, 2.45) is 0 Å². The van der Waals surface area contributed by atoms with E-state index in [2.05, 4.69) is 22.1 Å². The monoisotopic (exact) mass is 323 g/mol. The van der Waals surface area contributed by atoms with Gasteiger partial charge in [0.25, 0.3) is 0 Å². The molecule has 3 heterocycles. The lowest BCUT2D eigenvalue weighted by molar-refractivity contribution is -0.168. The summed E-state index contributed by atoms with van der Waals surface area (Å²) in [6.07, 6.45) is 4.27. The van der Waals surface area contributed by atoms with Gasteiger partial charge >= 0.3 is 0 Å². The number of aryl methyl sites for hydroxylation is 2. The third-order valence-corrected chi connectivity index (χ3v) is 4.91. The van der Waals surface area contributed by atoms with E-state index in [-0.39, 0.29) is 11.5 Å². The van der Waals surface area contributed by atoms with Gasteiger partial charge in [-0.2, -0.15) is 0 Å². The maximum Gasteiger partial charge on any atom is 0.222 e. The molecule has 0 saturated carbocycles. The van der Waals surface area contributed by atoms with Gasteiger partial charge in [-0.25, -0.2) is 9.97 Å². The lowest BCUT2D eigenvalue weighted by Gasteiger charge is -2.47. The van der Waals surface area contributed by atoms with Crippen LogP contribution in [0.2, 0.25) is 0 Å². The number of likely N-dealkylation sites (tertiary alicyclic amines) is 1. The highest BCUT2D eigenvalue weighted by Crippen LogP contribution is 2.42. The van der Waals surface area contributed by atoms with Gasteiger partial charge in [-0.15, -0.1) is 0 Å². The fraction of sp³-hybridized carbons (Fsp3) is 0.421. The summed E-state index contributed by atoms with van der Waals surface area (Å²) in [4.78, 5) is 23.0. The van der Waals surface area contributed by atoms with Crippen molar-refractivity contribution in [1.29, 1.82) is 0 Å². The number of rotatable bonds is 4. The lowest BCUT2D eigenvalue weighted by Crippen LogP contribution is -2.61. The molecule has 0 aliphatic carbocycles. The Labute approximate surface area is 141 Å². The fourth-order valence-corrected chi connectivity index (χ4v) is 3.55. The number of ether oxygens (including phenoxy) is 1. The Hall–Kier alpha value is -2.27.